The third-order valence-corrected chi connectivity index (χ3v) is 3.12. The Morgan fingerprint density at radius 2 is 2.18 bits per heavy atom. The second kappa shape index (κ2) is 4.63. The van der Waals surface area contributed by atoms with E-state index in [0.717, 1.165) is 5.56 Å². The highest BCUT2D eigenvalue weighted by Gasteiger charge is 2.38. The second-order valence-corrected chi connectivity index (χ2v) is 4.17. The number of amides is 1. The Balaban J connectivity index is 2.14. The fourth-order valence-corrected chi connectivity index (χ4v) is 2.06. The van der Waals surface area contributed by atoms with Gasteiger partial charge in [-0.15, -0.1) is 0 Å². The predicted molar refractivity (Wildman–Crippen MR) is 62.7 cm³/mol. The van der Waals surface area contributed by atoms with E-state index in [2.05, 4.69) is 0 Å². The Labute approximate surface area is 99.8 Å². The van der Waals surface area contributed by atoms with E-state index in [1.165, 1.54) is 4.90 Å². The van der Waals surface area contributed by atoms with Crippen molar-refractivity contribution in [1.29, 1.82) is 0 Å². The van der Waals surface area contributed by atoms with Crippen molar-refractivity contribution in [2.45, 2.75) is 18.6 Å². The van der Waals surface area contributed by atoms with E-state index in [4.69, 9.17) is 10.5 Å². The summed E-state index contributed by atoms with van der Waals surface area (Å²) in [5, 5.41) is 9.68. The van der Waals surface area contributed by atoms with Gasteiger partial charge in [0.05, 0.1) is 6.04 Å². The number of carbonyl (C=O) groups is 1. The summed E-state index contributed by atoms with van der Waals surface area (Å²) in [4.78, 5) is 12.9. The molecule has 2 unspecified atom stereocenters. The zero-order valence-electron chi connectivity index (χ0n) is 9.67. The first-order valence-corrected chi connectivity index (χ1v) is 5.54. The normalized spacial score (nSPS) is 23.9. The number of carbonyl (C=O) groups excluding carboxylic acids is 1. The van der Waals surface area contributed by atoms with E-state index in [0.29, 0.717) is 13.0 Å². The number of aromatic hydroxyl groups is 1. The molecule has 1 fully saturated rings. The molecule has 0 radical (unpaired) electrons. The summed E-state index contributed by atoms with van der Waals surface area (Å²) in [6, 6.07) is 6.89. The van der Waals surface area contributed by atoms with Crippen LogP contribution in [-0.2, 0) is 11.2 Å². The van der Waals surface area contributed by atoms with Gasteiger partial charge in [0, 0.05) is 20.0 Å². The molecule has 2 atom stereocenters. The Kier molecular flexibility index (Phi) is 3.19. The summed E-state index contributed by atoms with van der Waals surface area (Å²) >= 11 is 0. The molecule has 5 nitrogen and oxygen atoms in total. The minimum Gasteiger partial charge on any atom is -0.508 e. The molecule has 0 aliphatic carbocycles. The maximum absolute atomic E-state index is 11.4. The smallest absolute Gasteiger partial charge is 0.410 e. The molecular weight excluding hydrogens is 220 g/mol. The molecule has 0 aromatic heterocycles. The number of benzene rings is 1. The number of nitrogens with two attached hydrogens (primary N) is 1. The summed E-state index contributed by atoms with van der Waals surface area (Å²) in [5.41, 5.74) is 6.40. The fourth-order valence-electron chi connectivity index (χ4n) is 2.06. The number of phenolic OH excluding ortho intramolecular Hbond substituents is 1. The number of phenols is 1. The Hall–Kier alpha value is -1.75. The molecule has 5 heteroatoms. The van der Waals surface area contributed by atoms with Gasteiger partial charge in [-0.1, -0.05) is 18.2 Å². The maximum atomic E-state index is 11.4. The van der Waals surface area contributed by atoms with Crippen LogP contribution in [0.4, 0.5) is 4.79 Å². The average Bonchev–Trinajstić information content (AvgIpc) is 2.58. The van der Waals surface area contributed by atoms with Gasteiger partial charge < -0.3 is 20.5 Å². The molecular formula is C12H16N2O3. The minimum absolute atomic E-state index is 0.137. The molecule has 1 aromatic rings. The lowest BCUT2D eigenvalue weighted by Crippen LogP contribution is -2.40. The lowest BCUT2D eigenvalue weighted by atomic mass is 10.0. The lowest BCUT2D eigenvalue weighted by Gasteiger charge is -2.19. The van der Waals surface area contributed by atoms with Gasteiger partial charge in [0.25, 0.3) is 0 Å². The van der Waals surface area contributed by atoms with Crippen LogP contribution < -0.4 is 5.73 Å². The summed E-state index contributed by atoms with van der Waals surface area (Å²) in [6.45, 7) is 0.348. The van der Waals surface area contributed by atoms with Crippen LogP contribution in [0, 0.1) is 0 Å². The van der Waals surface area contributed by atoms with Crippen molar-refractivity contribution >= 4 is 6.09 Å². The summed E-state index contributed by atoms with van der Waals surface area (Å²) in [7, 11) is 1.67. The molecule has 1 heterocycles. The summed E-state index contributed by atoms with van der Waals surface area (Å²) in [6.07, 6.45) is -0.184. The lowest BCUT2D eigenvalue weighted by molar-refractivity contribution is 0.130. The Bertz CT molecular complexity index is 422. The van der Waals surface area contributed by atoms with Gasteiger partial charge in [0.1, 0.15) is 11.9 Å². The highest BCUT2D eigenvalue weighted by molar-refractivity contribution is 5.70. The highest BCUT2D eigenvalue weighted by atomic mass is 16.6. The zero-order chi connectivity index (χ0) is 12.4. The molecule has 1 aromatic carbocycles. The SMILES string of the molecule is CN1C(=O)OC(Cc2ccccc2O)C1CN. The van der Waals surface area contributed by atoms with Crippen LogP contribution in [0.25, 0.3) is 0 Å². The molecule has 0 spiro atoms. The molecule has 2 rings (SSSR count). The number of nitrogens with zero attached hydrogens (tertiary/aromatic N) is 1. The first kappa shape index (κ1) is 11.7. The Morgan fingerprint density at radius 3 is 2.82 bits per heavy atom. The van der Waals surface area contributed by atoms with Gasteiger partial charge in [-0.05, 0) is 11.6 Å². The van der Waals surface area contributed by atoms with E-state index in [1.807, 2.05) is 12.1 Å². The van der Waals surface area contributed by atoms with Crippen molar-refractivity contribution in [1.82, 2.24) is 4.90 Å². The van der Waals surface area contributed by atoms with Gasteiger partial charge in [-0.3, -0.25) is 0 Å². The molecule has 17 heavy (non-hydrogen) atoms. The van der Waals surface area contributed by atoms with Crippen LogP contribution >= 0.6 is 0 Å². The van der Waals surface area contributed by atoms with E-state index in [1.54, 1.807) is 19.2 Å². The molecule has 0 saturated carbocycles. The number of para-hydroxylation sites is 1. The summed E-state index contributed by atoms with van der Waals surface area (Å²) < 4.78 is 5.23. The number of ether oxygens (including phenoxy) is 1. The third-order valence-electron chi connectivity index (χ3n) is 3.12. The minimum atomic E-state index is -0.360. The van der Waals surface area contributed by atoms with Crippen molar-refractivity contribution in [3.05, 3.63) is 29.8 Å². The molecule has 1 aliphatic rings. The largest absolute Gasteiger partial charge is 0.508 e. The molecule has 92 valence electrons. The van der Waals surface area contributed by atoms with E-state index >= 15 is 0 Å². The van der Waals surface area contributed by atoms with Gasteiger partial charge in [-0.25, -0.2) is 4.79 Å². The molecule has 1 aliphatic heterocycles. The Morgan fingerprint density at radius 1 is 1.47 bits per heavy atom. The zero-order valence-corrected chi connectivity index (χ0v) is 9.67. The monoisotopic (exact) mass is 236 g/mol. The second-order valence-electron chi connectivity index (χ2n) is 4.17. The van der Waals surface area contributed by atoms with E-state index in [-0.39, 0.29) is 24.0 Å². The first-order valence-electron chi connectivity index (χ1n) is 5.54. The van der Waals surface area contributed by atoms with E-state index in [9.17, 15) is 9.90 Å². The number of rotatable bonds is 3. The number of hydrogen-bond acceptors (Lipinski definition) is 4. The van der Waals surface area contributed by atoms with Crippen LogP contribution in [0.3, 0.4) is 0 Å². The fraction of sp³-hybridized carbons (Fsp3) is 0.417. The van der Waals surface area contributed by atoms with Crippen molar-refractivity contribution in [2.75, 3.05) is 13.6 Å². The van der Waals surface area contributed by atoms with Crippen LogP contribution in [0.15, 0.2) is 24.3 Å². The van der Waals surface area contributed by atoms with Crippen molar-refractivity contribution in [3.63, 3.8) is 0 Å². The van der Waals surface area contributed by atoms with Crippen LogP contribution in [0.5, 0.6) is 5.75 Å². The average molecular weight is 236 g/mol. The van der Waals surface area contributed by atoms with Crippen molar-refractivity contribution < 1.29 is 14.6 Å². The molecule has 3 N–H and O–H groups in total. The van der Waals surface area contributed by atoms with E-state index < -0.39 is 0 Å². The predicted octanol–water partition coefficient (Wildman–Crippen LogP) is 0.713. The van der Waals surface area contributed by atoms with Gasteiger partial charge in [0.15, 0.2) is 0 Å². The first-order chi connectivity index (χ1) is 8.13. The number of likely N-dealkylation sites (N-methyl/N-ethyl adjacent to an activating group) is 1. The summed E-state index contributed by atoms with van der Waals surface area (Å²) in [5.74, 6) is 0.217. The third kappa shape index (κ3) is 2.19. The number of hydrogen-bond donors (Lipinski definition) is 2. The standard InChI is InChI=1S/C12H16N2O3/c1-14-9(7-13)11(17-12(14)16)6-8-4-2-3-5-10(8)15/h2-5,9,11,15H,6-7,13H2,1H3. The maximum Gasteiger partial charge on any atom is 0.410 e. The van der Waals surface area contributed by atoms with Gasteiger partial charge in [-0.2, -0.15) is 0 Å². The quantitative estimate of drug-likeness (QED) is 0.810. The topological polar surface area (TPSA) is 75.8 Å². The molecule has 1 amide bonds. The van der Waals surface area contributed by atoms with Crippen molar-refractivity contribution in [2.24, 2.45) is 5.73 Å². The van der Waals surface area contributed by atoms with Crippen LogP contribution in [-0.4, -0.2) is 41.8 Å². The highest BCUT2D eigenvalue weighted by Crippen LogP contribution is 2.24. The van der Waals surface area contributed by atoms with Crippen LogP contribution in [0.1, 0.15) is 5.56 Å². The van der Waals surface area contributed by atoms with Crippen LogP contribution in [0.2, 0.25) is 0 Å². The molecule has 0 bridgehead atoms. The number of cyclic esters (lactones) is 1. The molecule has 1 saturated heterocycles. The van der Waals surface area contributed by atoms with Crippen molar-refractivity contribution in [3.8, 4) is 5.75 Å². The van der Waals surface area contributed by atoms with Gasteiger partial charge >= 0.3 is 6.09 Å². The van der Waals surface area contributed by atoms with Gasteiger partial charge in [0.2, 0.25) is 0 Å².